The Labute approximate surface area is 178 Å². The molecule has 0 aromatic heterocycles. The zero-order valence-electron chi connectivity index (χ0n) is 14.9. The first-order valence-electron chi connectivity index (χ1n) is 8.13. The third-order valence-corrected chi connectivity index (χ3v) is 7.75. The Kier molecular flexibility index (Phi) is 5.82. The van der Waals surface area contributed by atoms with Gasteiger partial charge in [0.2, 0.25) is 9.84 Å². The van der Waals surface area contributed by atoms with Crippen LogP contribution in [0.1, 0.15) is 5.56 Å². The number of aryl methyl sites for hydroxylation is 1. The van der Waals surface area contributed by atoms with Crippen LogP contribution in [0.2, 0.25) is 10.0 Å². The van der Waals surface area contributed by atoms with Crippen molar-refractivity contribution in [2.75, 3.05) is 4.72 Å². The van der Waals surface area contributed by atoms with Crippen molar-refractivity contribution in [3.63, 3.8) is 0 Å². The van der Waals surface area contributed by atoms with Crippen LogP contribution in [-0.4, -0.2) is 21.9 Å². The van der Waals surface area contributed by atoms with Crippen molar-refractivity contribution in [1.29, 1.82) is 0 Å². The highest BCUT2D eigenvalue weighted by atomic mass is 35.5. The molecule has 0 bridgehead atoms. The van der Waals surface area contributed by atoms with Gasteiger partial charge in [-0.3, -0.25) is 4.72 Å². The molecule has 29 heavy (non-hydrogen) atoms. The summed E-state index contributed by atoms with van der Waals surface area (Å²) in [5, 5.41) is 10.2. The highest BCUT2D eigenvalue weighted by molar-refractivity contribution is 7.93. The first-order chi connectivity index (χ1) is 13.5. The molecule has 3 aromatic carbocycles. The molecule has 152 valence electrons. The molecular weight excluding hydrogens is 457 g/mol. The van der Waals surface area contributed by atoms with E-state index in [-0.39, 0.29) is 20.5 Å². The van der Waals surface area contributed by atoms with Gasteiger partial charge in [0, 0.05) is 5.02 Å². The third-order valence-electron chi connectivity index (χ3n) is 4.03. The SMILES string of the molecule is Cc1ccc(S(=O)(=O)Nc2cc(Cl)c(O)c(S(=O)(=O)c3ccc(Cl)cc3)c2)cc1. The molecule has 0 aliphatic carbocycles. The van der Waals surface area contributed by atoms with Crippen molar-refractivity contribution >= 4 is 48.7 Å². The average molecular weight is 472 g/mol. The minimum absolute atomic E-state index is 0.00518. The molecule has 0 radical (unpaired) electrons. The molecule has 0 unspecified atom stereocenters. The lowest BCUT2D eigenvalue weighted by molar-refractivity contribution is 0.459. The van der Waals surface area contributed by atoms with Crippen molar-refractivity contribution in [3.8, 4) is 5.75 Å². The molecule has 0 fully saturated rings. The molecule has 0 heterocycles. The molecule has 2 N–H and O–H groups in total. The van der Waals surface area contributed by atoms with Gasteiger partial charge in [-0.25, -0.2) is 16.8 Å². The fourth-order valence-corrected chi connectivity index (χ4v) is 5.35. The molecular formula is C19H15Cl2NO5S2. The number of sulfone groups is 1. The van der Waals surface area contributed by atoms with Crippen molar-refractivity contribution in [2.24, 2.45) is 0 Å². The topological polar surface area (TPSA) is 101 Å². The van der Waals surface area contributed by atoms with Crippen LogP contribution >= 0.6 is 23.2 Å². The molecule has 3 rings (SSSR count). The molecule has 0 saturated heterocycles. The minimum Gasteiger partial charge on any atom is -0.505 e. The largest absolute Gasteiger partial charge is 0.505 e. The number of anilines is 1. The van der Waals surface area contributed by atoms with E-state index < -0.39 is 30.5 Å². The van der Waals surface area contributed by atoms with Gasteiger partial charge in [-0.15, -0.1) is 0 Å². The van der Waals surface area contributed by atoms with Gasteiger partial charge in [0.15, 0.2) is 5.75 Å². The Balaban J connectivity index is 2.06. The van der Waals surface area contributed by atoms with E-state index in [9.17, 15) is 21.9 Å². The number of rotatable bonds is 5. The smallest absolute Gasteiger partial charge is 0.261 e. The predicted octanol–water partition coefficient (Wildman–Crippen LogP) is 4.64. The monoisotopic (exact) mass is 471 g/mol. The molecule has 0 aliphatic heterocycles. The van der Waals surface area contributed by atoms with E-state index >= 15 is 0 Å². The van der Waals surface area contributed by atoms with Crippen LogP contribution in [0.3, 0.4) is 0 Å². The van der Waals surface area contributed by atoms with E-state index in [4.69, 9.17) is 23.2 Å². The predicted molar refractivity (Wildman–Crippen MR) is 112 cm³/mol. The van der Waals surface area contributed by atoms with Crippen molar-refractivity contribution < 1.29 is 21.9 Å². The zero-order chi connectivity index (χ0) is 21.4. The van der Waals surface area contributed by atoms with Crippen LogP contribution in [-0.2, 0) is 19.9 Å². The number of hydrogen-bond acceptors (Lipinski definition) is 5. The highest BCUT2D eigenvalue weighted by Crippen LogP contribution is 2.38. The van der Waals surface area contributed by atoms with Crippen LogP contribution in [0.5, 0.6) is 5.75 Å². The highest BCUT2D eigenvalue weighted by Gasteiger charge is 2.25. The van der Waals surface area contributed by atoms with E-state index in [0.717, 1.165) is 17.7 Å². The molecule has 0 spiro atoms. The maximum atomic E-state index is 12.9. The second-order valence-corrected chi connectivity index (χ2v) is 10.6. The number of aromatic hydroxyl groups is 1. The van der Waals surface area contributed by atoms with Crippen molar-refractivity contribution in [3.05, 3.63) is 76.3 Å². The summed E-state index contributed by atoms with van der Waals surface area (Å²) < 4.78 is 53.3. The Morgan fingerprint density at radius 3 is 1.97 bits per heavy atom. The Hall–Kier alpha value is -2.26. The van der Waals surface area contributed by atoms with Crippen molar-refractivity contribution in [1.82, 2.24) is 0 Å². The van der Waals surface area contributed by atoms with E-state index in [0.29, 0.717) is 5.02 Å². The van der Waals surface area contributed by atoms with Crippen LogP contribution in [0.25, 0.3) is 0 Å². The summed E-state index contributed by atoms with van der Waals surface area (Å²) in [5.41, 5.74) is 0.772. The maximum absolute atomic E-state index is 12.9. The zero-order valence-corrected chi connectivity index (χ0v) is 18.1. The summed E-state index contributed by atoms with van der Waals surface area (Å²) >= 11 is 11.8. The maximum Gasteiger partial charge on any atom is 0.261 e. The van der Waals surface area contributed by atoms with Gasteiger partial charge in [0.1, 0.15) is 4.90 Å². The summed E-state index contributed by atoms with van der Waals surface area (Å²) in [6.45, 7) is 1.82. The fraction of sp³-hybridized carbons (Fsp3) is 0.0526. The molecule has 0 amide bonds. The normalized spacial score (nSPS) is 12.0. The fourth-order valence-electron chi connectivity index (χ4n) is 2.51. The van der Waals surface area contributed by atoms with Gasteiger partial charge in [-0.05, 0) is 55.5 Å². The second-order valence-electron chi connectivity index (χ2n) is 6.18. The van der Waals surface area contributed by atoms with Gasteiger partial charge < -0.3 is 5.11 Å². The second kappa shape index (κ2) is 7.87. The Morgan fingerprint density at radius 2 is 1.38 bits per heavy atom. The van der Waals surface area contributed by atoms with Gasteiger partial charge >= 0.3 is 0 Å². The quantitative estimate of drug-likeness (QED) is 0.527. The Bertz CT molecular complexity index is 1270. The molecule has 3 aromatic rings. The van der Waals surface area contributed by atoms with E-state index in [1.54, 1.807) is 12.1 Å². The summed E-state index contributed by atoms with van der Waals surface area (Å²) in [6, 6.07) is 13.6. The van der Waals surface area contributed by atoms with Gasteiger partial charge in [0.05, 0.1) is 20.5 Å². The van der Waals surface area contributed by atoms with Gasteiger partial charge in [0.25, 0.3) is 10.0 Å². The molecule has 10 heteroatoms. The van der Waals surface area contributed by atoms with Gasteiger partial charge in [-0.2, -0.15) is 0 Å². The summed E-state index contributed by atoms with van der Waals surface area (Å²) in [4.78, 5) is -0.671. The van der Waals surface area contributed by atoms with Crippen LogP contribution in [0.15, 0.2) is 75.4 Å². The Morgan fingerprint density at radius 1 is 0.828 bits per heavy atom. The lowest BCUT2D eigenvalue weighted by Gasteiger charge is -2.13. The summed E-state index contributed by atoms with van der Waals surface area (Å²) in [7, 11) is -8.18. The third kappa shape index (κ3) is 4.51. The lowest BCUT2D eigenvalue weighted by atomic mass is 10.2. The summed E-state index contributed by atoms with van der Waals surface area (Å²) in [5.74, 6) is -0.681. The minimum atomic E-state index is -4.19. The molecule has 6 nitrogen and oxygen atoms in total. The first-order valence-corrected chi connectivity index (χ1v) is 11.9. The first kappa shape index (κ1) is 21.4. The number of sulfonamides is 1. The van der Waals surface area contributed by atoms with Crippen molar-refractivity contribution in [2.45, 2.75) is 21.6 Å². The van der Waals surface area contributed by atoms with Crippen LogP contribution in [0.4, 0.5) is 5.69 Å². The number of hydrogen-bond donors (Lipinski definition) is 2. The standard InChI is InChI=1S/C19H15Cl2NO5S2/c1-12-2-6-16(7-3-12)29(26,27)22-14-10-17(21)19(23)18(11-14)28(24,25)15-8-4-13(20)5-9-15/h2-11,22-23H,1H3. The molecule has 0 atom stereocenters. The summed E-state index contributed by atoms with van der Waals surface area (Å²) in [6.07, 6.45) is 0. The lowest BCUT2D eigenvalue weighted by Crippen LogP contribution is -2.13. The van der Waals surface area contributed by atoms with Gasteiger partial charge in [-0.1, -0.05) is 40.9 Å². The number of phenolic OH excluding ortho intramolecular Hbond substituents is 1. The number of halogens is 2. The van der Waals surface area contributed by atoms with E-state index in [1.807, 2.05) is 6.92 Å². The number of phenols is 1. The van der Waals surface area contributed by atoms with Crippen LogP contribution < -0.4 is 4.72 Å². The molecule has 0 aliphatic rings. The van der Waals surface area contributed by atoms with E-state index in [2.05, 4.69) is 4.72 Å². The number of nitrogens with one attached hydrogen (secondary N) is 1. The average Bonchev–Trinajstić information content (AvgIpc) is 2.65. The van der Waals surface area contributed by atoms with E-state index in [1.165, 1.54) is 36.4 Å². The van der Waals surface area contributed by atoms with Crippen LogP contribution in [0, 0.1) is 6.92 Å². The molecule has 0 saturated carbocycles. The number of benzene rings is 3.